The highest BCUT2D eigenvalue weighted by atomic mass is 35.5. The molecule has 0 aliphatic heterocycles. The van der Waals surface area contributed by atoms with Gasteiger partial charge in [0.05, 0.1) is 0 Å². The maximum Gasteiger partial charge on any atom is 0.321 e. The average Bonchev–Trinajstić information content (AvgIpc) is 2.79. The largest absolute Gasteiger partial charge is 0.461 e. The predicted octanol–water partition coefficient (Wildman–Crippen LogP) is 9.04. The number of rotatable bonds is 2. The fraction of sp³-hybridized carbons (Fsp3) is 0.969. The zero-order chi connectivity index (χ0) is 25.7. The summed E-state index contributed by atoms with van der Waals surface area (Å²) < 4.78 is 5.88. The van der Waals surface area contributed by atoms with Crippen molar-refractivity contribution in [1.29, 1.82) is 0 Å². The van der Waals surface area contributed by atoms with Gasteiger partial charge in [0.15, 0.2) is 0 Å². The van der Waals surface area contributed by atoms with Crippen LogP contribution < -0.4 is 0 Å². The van der Waals surface area contributed by atoms with Crippen molar-refractivity contribution in [3.05, 3.63) is 0 Å². The number of fused-ring (bicyclic) bond motifs is 7. The van der Waals surface area contributed by atoms with E-state index in [9.17, 15) is 4.79 Å². The lowest BCUT2D eigenvalue weighted by Gasteiger charge is -2.75. The standard InChI is InChI=1S/C32H53ClO2/c1-21-22(35-26(34)20-33)9-10-23-29(21,5)12-11-24-30(23,6)16-18-32(8)25-19-27(2,3)13-14-28(25,4)15-17-31(24,32)7/h21-25H,9-20H2,1-8H3/t21-,22-,23+,24+,25-,28+,29+,30+,31+,32-/m0/s1. The SMILES string of the molecule is C[C@H]1[C@@H](OC(=O)CCl)CC[C@@H]2[C@]1(C)CC[C@@H]1[C@]2(C)CC[C@@]2(C)[C@H]3CC(C)(C)CC[C@]3(C)CC[C@]12C. The average molecular weight is 505 g/mol. The molecule has 0 amide bonds. The maximum absolute atomic E-state index is 12.0. The van der Waals surface area contributed by atoms with Gasteiger partial charge in [0.1, 0.15) is 12.0 Å². The smallest absolute Gasteiger partial charge is 0.321 e. The molecule has 10 atom stereocenters. The second kappa shape index (κ2) is 8.13. The predicted molar refractivity (Wildman–Crippen MR) is 145 cm³/mol. The summed E-state index contributed by atoms with van der Waals surface area (Å²) in [5, 5.41) is 0. The molecular formula is C32H53ClO2. The Morgan fingerprint density at radius 1 is 0.743 bits per heavy atom. The van der Waals surface area contributed by atoms with Crippen LogP contribution in [-0.4, -0.2) is 18.0 Å². The van der Waals surface area contributed by atoms with E-state index >= 15 is 0 Å². The molecule has 2 nitrogen and oxygen atoms in total. The first kappa shape index (κ1) is 26.4. The fourth-order valence-electron chi connectivity index (χ4n) is 11.7. The molecule has 5 rings (SSSR count). The van der Waals surface area contributed by atoms with E-state index in [0.717, 1.165) is 24.2 Å². The molecule has 3 heteroatoms. The van der Waals surface area contributed by atoms with E-state index < -0.39 is 0 Å². The molecule has 0 N–H and O–H groups in total. The summed E-state index contributed by atoms with van der Waals surface area (Å²) in [6.07, 6.45) is 14.8. The molecule has 5 saturated carbocycles. The van der Waals surface area contributed by atoms with Crippen molar-refractivity contribution in [3.63, 3.8) is 0 Å². The van der Waals surface area contributed by atoms with Crippen molar-refractivity contribution < 1.29 is 9.53 Å². The monoisotopic (exact) mass is 504 g/mol. The first-order valence-corrected chi connectivity index (χ1v) is 15.4. The van der Waals surface area contributed by atoms with Crippen LogP contribution in [0.4, 0.5) is 0 Å². The lowest BCUT2D eigenvalue weighted by molar-refractivity contribution is -0.263. The van der Waals surface area contributed by atoms with Gasteiger partial charge in [-0.2, -0.15) is 0 Å². The van der Waals surface area contributed by atoms with Gasteiger partial charge >= 0.3 is 5.97 Å². The molecule has 0 saturated heterocycles. The quantitative estimate of drug-likeness (QED) is 0.277. The van der Waals surface area contributed by atoms with E-state index in [1.807, 2.05) is 0 Å². The molecule has 5 aliphatic carbocycles. The van der Waals surface area contributed by atoms with Gasteiger partial charge in [0.2, 0.25) is 0 Å². The lowest BCUT2D eigenvalue weighted by Crippen LogP contribution is -2.68. The van der Waals surface area contributed by atoms with Crippen LogP contribution in [0.2, 0.25) is 0 Å². The second-order valence-corrected chi connectivity index (χ2v) is 16.4. The van der Waals surface area contributed by atoms with Gasteiger partial charge < -0.3 is 4.74 Å². The van der Waals surface area contributed by atoms with Crippen LogP contribution in [-0.2, 0) is 9.53 Å². The Kier molecular flexibility index (Phi) is 6.13. The normalized spacial score (nSPS) is 55.1. The first-order chi connectivity index (χ1) is 16.2. The molecule has 0 bridgehead atoms. The van der Waals surface area contributed by atoms with Crippen LogP contribution in [0.1, 0.15) is 126 Å². The molecule has 0 aromatic heterocycles. The first-order valence-electron chi connectivity index (χ1n) is 14.9. The third kappa shape index (κ3) is 3.56. The Morgan fingerprint density at radius 2 is 1.37 bits per heavy atom. The number of alkyl halides is 1. The van der Waals surface area contributed by atoms with Crippen molar-refractivity contribution in [2.75, 3.05) is 5.88 Å². The third-order valence-electron chi connectivity index (χ3n) is 14.3. The van der Waals surface area contributed by atoms with E-state index in [1.165, 1.54) is 64.2 Å². The van der Waals surface area contributed by atoms with Crippen LogP contribution in [0.5, 0.6) is 0 Å². The number of ether oxygens (including phenoxy) is 1. The third-order valence-corrected chi connectivity index (χ3v) is 14.5. The van der Waals surface area contributed by atoms with E-state index in [0.29, 0.717) is 33.0 Å². The van der Waals surface area contributed by atoms with Gasteiger partial charge in [-0.3, -0.25) is 4.79 Å². The Hall–Kier alpha value is -0.240. The summed E-state index contributed by atoms with van der Waals surface area (Å²) in [5.41, 5.74) is 2.57. The van der Waals surface area contributed by atoms with Gasteiger partial charge in [0, 0.05) is 0 Å². The van der Waals surface area contributed by atoms with E-state index in [4.69, 9.17) is 16.3 Å². The van der Waals surface area contributed by atoms with Gasteiger partial charge in [-0.05, 0) is 127 Å². The molecular weight excluding hydrogens is 452 g/mol. The highest BCUT2D eigenvalue weighted by Gasteiger charge is 2.70. The molecule has 35 heavy (non-hydrogen) atoms. The fourth-order valence-corrected chi connectivity index (χ4v) is 11.8. The zero-order valence-electron chi connectivity index (χ0n) is 24.1. The molecule has 5 aliphatic rings. The van der Waals surface area contributed by atoms with Gasteiger partial charge in [-0.25, -0.2) is 0 Å². The summed E-state index contributed by atoms with van der Waals surface area (Å²) in [5.74, 6) is 2.53. The van der Waals surface area contributed by atoms with Crippen LogP contribution in [0.3, 0.4) is 0 Å². The molecule has 200 valence electrons. The Labute approximate surface area is 221 Å². The lowest BCUT2D eigenvalue weighted by atomic mass is 9.30. The summed E-state index contributed by atoms with van der Waals surface area (Å²) in [6, 6.07) is 0. The molecule has 5 fully saturated rings. The van der Waals surface area contributed by atoms with Crippen molar-refractivity contribution in [2.24, 2.45) is 56.2 Å². The number of carbonyl (C=O) groups is 1. The number of halogens is 1. The van der Waals surface area contributed by atoms with E-state index in [-0.39, 0.29) is 23.4 Å². The molecule has 0 heterocycles. The van der Waals surface area contributed by atoms with Crippen LogP contribution in [0.25, 0.3) is 0 Å². The topological polar surface area (TPSA) is 26.3 Å². The van der Waals surface area contributed by atoms with Crippen molar-refractivity contribution in [3.8, 4) is 0 Å². The number of hydrogen-bond acceptors (Lipinski definition) is 2. The van der Waals surface area contributed by atoms with Crippen molar-refractivity contribution >= 4 is 17.6 Å². The van der Waals surface area contributed by atoms with Gasteiger partial charge in [-0.15, -0.1) is 11.6 Å². The molecule has 0 unspecified atom stereocenters. The molecule has 0 radical (unpaired) electrons. The van der Waals surface area contributed by atoms with Crippen LogP contribution >= 0.6 is 11.6 Å². The van der Waals surface area contributed by atoms with Crippen LogP contribution in [0, 0.1) is 56.2 Å². The van der Waals surface area contributed by atoms with E-state index in [1.54, 1.807) is 0 Å². The Morgan fingerprint density at radius 3 is 2.06 bits per heavy atom. The summed E-state index contributed by atoms with van der Waals surface area (Å²) in [7, 11) is 0. The van der Waals surface area contributed by atoms with Gasteiger partial charge in [0.25, 0.3) is 0 Å². The van der Waals surface area contributed by atoms with Gasteiger partial charge in [-0.1, -0.05) is 55.4 Å². The highest BCUT2D eigenvalue weighted by molar-refractivity contribution is 6.26. The number of esters is 1. The summed E-state index contributed by atoms with van der Waals surface area (Å²) >= 11 is 5.80. The molecule has 0 spiro atoms. The molecule has 0 aromatic carbocycles. The Balaban J connectivity index is 1.47. The summed E-state index contributed by atoms with van der Waals surface area (Å²) in [4.78, 5) is 12.0. The van der Waals surface area contributed by atoms with Crippen molar-refractivity contribution in [2.45, 2.75) is 132 Å². The minimum Gasteiger partial charge on any atom is -0.461 e. The highest BCUT2D eigenvalue weighted by Crippen LogP contribution is 2.78. The zero-order valence-corrected chi connectivity index (χ0v) is 24.8. The summed E-state index contributed by atoms with van der Waals surface area (Å²) in [6.45, 7) is 20.8. The minimum absolute atomic E-state index is 0.0308. The second-order valence-electron chi connectivity index (χ2n) is 16.1. The Bertz CT molecular complexity index is 868. The number of hydrogen-bond donors (Lipinski definition) is 0. The molecule has 0 aromatic rings. The maximum atomic E-state index is 12.0. The minimum atomic E-state index is -0.243. The van der Waals surface area contributed by atoms with Crippen LogP contribution in [0.15, 0.2) is 0 Å². The van der Waals surface area contributed by atoms with E-state index in [2.05, 4.69) is 55.4 Å². The van der Waals surface area contributed by atoms with Crippen molar-refractivity contribution in [1.82, 2.24) is 0 Å². The number of carbonyl (C=O) groups excluding carboxylic acids is 1.